The molecule has 0 aliphatic carbocycles. The molecule has 0 aromatic carbocycles. The van der Waals surface area contributed by atoms with Crippen LogP contribution in [0.3, 0.4) is 0 Å². The van der Waals surface area contributed by atoms with E-state index in [1.54, 1.807) is 0 Å². The lowest BCUT2D eigenvalue weighted by atomic mass is 9.58. The van der Waals surface area contributed by atoms with Gasteiger partial charge < -0.3 is 16.1 Å². The lowest BCUT2D eigenvalue weighted by molar-refractivity contribution is -0.326. The van der Waals surface area contributed by atoms with Crippen molar-refractivity contribution in [3.8, 4) is 0 Å². The number of quaternary nitrogens is 1. The fourth-order valence-electron chi connectivity index (χ4n) is 5.28. The minimum absolute atomic E-state index is 0. The number of carbonyl (C=O) groups excluding carboxylic acids is 1. The van der Waals surface area contributed by atoms with Crippen LogP contribution in [0.5, 0.6) is 0 Å². The Labute approximate surface area is 202 Å². The maximum atomic E-state index is 12.7. The van der Waals surface area contributed by atoms with Crippen molar-refractivity contribution in [3.63, 3.8) is 0 Å². The van der Waals surface area contributed by atoms with Crippen LogP contribution in [0.4, 0.5) is 0 Å². The fourth-order valence-corrected chi connectivity index (χ4v) is 5.28. The molecule has 3 heteroatoms. The van der Waals surface area contributed by atoms with Crippen LogP contribution >= 0.6 is 0 Å². The zero-order valence-electron chi connectivity index (χ0n) is 23.2. The van der Waals surface area contributed by atoms with Gasteiger partial charge in [-0.3, -0.25) is 0 Å². The summed E-state index contributed by atoms with van der Waals surface area (Å²) < 4.78 is 0. The standard InChI is InChI=1S/C29H58O2.H3N/c1-6-9-12-15-18-21-24-28(4,5)29(27(30)31,25-22-19-16-13-10-7-2)26-23-20-17-14-11-8-3;/h6-26H2,1-5H3,(H,30,31);1H3. The van der Waals surface area contributed by atoms with E-state index in [1.807, 2.05) is 0 Å². The molecule has 0 heterocycles. The van der Waals surface area contributed by atoms with Crippen LogP contribution in [0.15, 0.2) is 0 Å². The smallest absolute Gasteiger partial charge is 0.0481 e. The average molecular weight is 456 g/mol. The first-order valence-electron chi connectivity index (χ1n) is 14.1. The van der Waals surface area contributed by atoms with Crippen LogP contribution in [0.25, 0.3) is 0 Å². The molecule has 3 nitrogen and oxygen atoms in total. The first kappa shape index (κ1) is 33.6. The van der Waals surface area contributed by atoms with E-state index in [4.69, 9.17) is 0 Å². The highest BCUT2D eigenvalue weighted by molar-refractivity contribution is 5.73. The Morgan fingerprint density at radius 1 is 0.531 bits per heavy atom. The number of hydrogen-bond acceptors (Lipinski definition) is 2. The molecule has 0 atom stereocenters. The molecule has 0 spiro atoms. The highest BCUT2D eigenvalue weighted by atomic mass is 16.4. The van der Waals surface area contributed by atoms with Crippen molar-refractivity contribution in [1.82, 2.24) is 6.15 Å². The monoisotopic (exact) mass is 455 g/mol. The number of carbonyl (C=O) groups is 1. The molecule has 0 aromatic heterocycles. The number of hydrogen-bond donors (Lipinski definition) is 1. The molecule has 0 saturated carbocycles. The summed E-state index contributed by atoms with van der Waals surface area (Å²) in [5.74, 6) is -0.773. The fraction of sp³-hybridized carbons (Fsp3) is 0.966. The van der Waals surface area contributed by atoms with Gasteiger partial charge in [-0.2, -0.15) is 0 Å². The highest BCUT2D eigenvalue weighted by Crippen LogP contribution is 2.50. The predicted molar refractivity (Wildman–Crippen MR) is 141 cm³/mol. The zero-order valence-corrected chi connectivity index (χ0v) is 23.2. The van der Waals surface area contributed by atoms with Gasteiger partial charge >= 0.3 is 0 Å². The maximum Gasteiger partial charge on any atom is 0.0481 e. The summed E-state index contributed by atoms with van der Waals surface area (Å²) in [5.41, 5.74) is -0.852. The number of carboxylic acid groups (broad SMARTS) is 1. The molecule has 0 rings (SSSR count). The second-order valence-electron chi connectivity index (χ2n) is 10.8. The Morgan fingerprint density at radius 2 is 0.812 bits per heavy atom. The van der Waals surface area contributed by atoms with Crippen LogP contribution in [0.2, 0.25) is 0 Å². The SMILES string of the molecule is CCCCCCCCC(C)(C)C(CCCCCCCC)(CCCCCCCC)C(=O)[O-].[NH4+]. The largest absolute Gasteiger partial charge is 0.550 e. The number of unbranched alkanes of at least 4 members (excludes halogenated alkanes) is 15. The quantitative estimate of drug-likeness (QED) is 0.156. The van der Waals surface area contributed by atoms with Crippen molar-refractivity contribution >= 4 is 5.97 Å². The van der Waals surface area contributed by atoms with Crippen molar-refractivity contribution in [2.24, 2.45) is 10.8 Å². The lowest BCUT2D eigenvalue weighted by Crippen LogP contribution is -2.51. The average Bonchev–Trinajstić information content (AvgIpc) is 2.73. The molecule has 32 heavy (non-hydrogen) atoms. The summed E-state index contributed by atoms with van der Waals surface area (Å²) in [4.78, 5) is 12.7. The second kappa shape index (κ2) is 21.0. The van der Waals surface area contributed by atoms with Gasteiger partial charge in [-0.05, 0) is 24.7 Å². The van der Waals surface area contributed by atoms with Gasteiger partial charge in [0.15, 0.2) is 0 Å². The third-order valence-electron chi connectivity index (χ3n) is 7.76. The minimum Gasteiger partial charge on any atom is -0.550 e. The van der Waals surface area contributed by atoms with Crippen LogP contribution < -0.4 is 11.3 Å². The van der Waals surface area contributed by atoms with Crippen molar-refractivity contribution in [2.75, 3.05) is 0 Å². The lowest BCUT2D eigenvalue weighted by Gasteiger charge is -2.49. The van der Waals surface area contributed by atoms with E-state index in [2.05, 4.69) is 34.6 Å². The van der Waals surface area contributed by atoms with E-state index in [-0.39, 0.29) is 11.6 Å². The Bertz CT molecular complexity index is 403. The van der Waals surface area contributed by atoms with Gasteiger partial charge in [-0.15, -0.1) is 0 Å². The van der Waals surface area contributed by atoms with Gasteiger partial charge in [0.2, 0.25) is 0 Å². The molecule has 0 aliphatic rings. The number of aliphatic carboxylic acids is 1. The first-order valence-corrected chi connectivity index (χ1v) is 14.1. The van der Waals surface area contributed by atoms with Gasteiger partial charge in [-0.1, -0.05) is 150 Å². The predicted octanol–water partition coefficient (Wildman–Crippen LogP) is 9.38. The summed E-state index contributed by atoms with van der Waals surface area (Å²) in [5, 5.41) is 12.7. The highest BCUT2D eigenvalue weighted by Gasteiger charge is 2.44. The summed E-state index contributed by atoms with van der Waals surface area (Å²) in [6.45, 7) is 11.2. The van der Waals surface area contributed by atoms with Gasteiger partial charge in [0.05, 0.1) is 0 Å². The molecule has 0 aromatic rings. The van der Waals surface area contributed by atoms with E-state index in [1.165, 1.54) is 96.3 Å². The molecule has 0 fully saturated rings. The van der Waals surface area contributed by atoms with Crippen molar-refractivity contribution in [2.45, 2.75) is 169 Å². The third-order valence-corrected chi connectivity index (χ3v) is 7.76. The molecule has 0 radical (unpaired) electrons. The van der Waals surface area contributed by atoms with E-state index >= 15 is 0 Å². The van der Waals surface area contributed by atoms with Gasteiger partial charge in [0.1, 0.15) is 0 Å². The van der Waals surface area contributed by atoms with Gasteiger partial charge in [0, 0.05) is 11.4 Å². The molecule has 194 valence electrons. The Kier molecular flexibility index (Phi) is 22.0. The Morgan fingerprint density at radius 3 is 1.12 bits per heavy atom. The van der Waals surface area contributed by atoms with E-state index in [0.29, 0.717) is 0 Å². The molecule has 0 bridgehead atoms. The molecule has 0 aliphatic heterocycles. The van der Waals surface area contributed by atoms with Crippen LogP contribution in [0.1, 0.15) is 169 Å². The van der Waals surface area contributed by atoms with Crippen LogP contribution in [-0.2, 0) is 4.79 Å². The summed E-state index contributed by atoms with van der Waals surface area (Å²) in [7, 11) is 0. The normalized spacial score (nSPS) is 12.0. The summed E-state index contributed by atoms with van der Waals surface area (Å²) >= 11 is 0. The molecular formula is C29H61NO2. The van der Waals surface area contributed by atoms with Crippen LogP contribution in [0, 0.1) is 10.8 Å². The third kappa shape index (κ3) is 13.9. The van der Waals surface area contributed by atoms with Crippen molar-refractivity contribution in [3.05, 3.63) is 0 Å². The summed E-state index contributed by atoms with van der Waals surface area (Å²) in [6, 6.07) is 0. The van der Waals surface area contributed by atoms with Crippen molar-refractivity contribution in [1.29, 1.82) is 0 Å². The molecule has 0 saturated heterocycles. The number of carboxylic acids is 1. The van der Waals surface area contributed by atoms with E-state index in [9.17, 15) is 9.90 Å². The Hall–Kier alpha value is -0.570. The maximum absolute atomic E-state index is 12.7. The van der Waals surface area contributed by atoms with E-state index < -0.39 is 11.4 Å². The van der Waals surface area contributed by atoms with Crippen molar-refractivity contribution < 1.29 is 9.90 Å². The Balaban J connectivity index is 0. The first-order chi connectivity index (χ1) is 14.9. The topological polar surface area (TPSA) is 76.6 Å². The van der Waals surface area contributed by atoms with E-state index in [0.717, 1.165) is 38.5 Å². The summed E-state index contributed by atoms with van der Waals surface area (Å²) in [6.07, 6.45) is 24.8. The zero-order chi connectivity index (χ0) is 23.4. The molecule has 0 unspecified atom stereocenters. The number of rotatable bonds is 23. The molecule has 4 N–H and O–H groups in total. The van der Waals surface area contributed by atoms with Crippen LogP contribution in [-0.4, -0.2) is 5.97 Å². The molecular weight excluding hydrogens is 394 g/mol. The van der Waals surface area contributed by atoms with Gasteiger partial charge in [0.25, 0.3) is 0 Å². The second-order valence-corrected chi connectivity index (χ2v) is 10.8. The van der Waals surface area contributed by atoms with Gasteiger partial charge in [-0.25, -0.2) is 0 Å². The minimum atomic E-state index is -0.773. The molecule has 0 amide bonds.